The summed E-state index contributed by atoms with van der Waals surface area (Å²) in [6.07, 6.45) is 13.2. The lowest BCUT2D eigenvalue weighted by Crippen LogP contribution is -2.47. The molecular formula is C54H80N4O8. The zero-order chi connectivity index (χ0) is 47.4. The monoisotopic (exact) mass is 913 g/mol. The maximum Gasteiger partial charge on any atom is 0.312 e. The number of carbonyl (C=O) groups is 4. The summed E-state index contributed by atoms with van der Waals surface area (Å²) in [5.74, 6) is -0.433. The lowest BCUT2D eigenvalue weighted by atomic mass is 9.64. The van der Waals surface area contributed by atoms with E-state index in [-0.39, 0.29) is 39.7 Å². The van der Waals surface area contributed by atoms with Gasteiger partial charge in [0.2, 0.25) is 11.8 Å². The van der Waals surface area contributed by atoms with Crippen molar-refractivity contribution in [3.8, 4) is 0 Å². The van der Waals surface area contributed by atoms with E-state index in [1.165, 1.54) is 11.1 Å². The molecule has 0 radical (unpaired) electrons. The molecule has 0 bridgehead atoms. The molecule has 4 heterocycles. The molecule has 2 aromatic carbocycles. The van der Waals surface area contributed by atoms with Crippen LogP contribution in [0.4, 0.5) is 0 Å². The minimum absolute atomic E-state index is 0.0262. The number of hydrogen-bond acceptors (Lipinski definition) is 9. The molecule has 0 atom stereocenters. The highest BCUT2D eigenvalue weighted by molar-refractivity contribution is 5.81. The van der Waals surface area contributed by atoms with Crippen molar-refractivity contribution in [1.29, 1.82) is 0 Å². The summed E-state index contributed by atoms with van der Waals surface area (Å²) in [6.45, 7) is 10.6. The average Bonchev–Trinajstić information content (AvgIpc) is 3.79. The van der Waals surface area contributed by atoms with Crippen LogP contribution in [-0.4, -0.2) is 135 Å². The first-order chi connectivity index (χ1) is 31.3. The summed E-state index contributed by atoms with van der Waals surface area (Å²) < 4.78 is 16.8. The fourth-order valence-electron chi connectivity index (χ4n) is 12.6. The van der Waals surface area contributed by atoms with E-state index in [9.17, 15) is 24.3 Å². The maximum absolute atomic E-state index is 13.2. The maximum atomic E-state index is 13.2. The summed E-state index contributed by atoms with van der Waals surface area (Å²) in [4.78, 5) is 59.9. The van der Waals surface area contributed by atoms with E-state index in [1.807, 2.05) is 30.6 Å². The van der Waals surface area contributed by atoms with Gasteiger partial charge in [0.1, 0.15) is 5.60 Å². The molecule has 4 aliphatic heterocycles. The van der Waals surface area contributed by atoms with Crippen molar-refractivity contribution in [2.24, 2.45) is 21.7 Å². The lowest BCUT2D eigenvalue weighted by Gasteiger charge is -2.49. The molecule has 2 amide bonds. The van der Waals surface area contributed by atoms with Gasteiger partial charge < -0.3 is 29.1 Å². The Morgan fingerprint density at radius 1 is 0.591 bits per heavy atom. The molecule has 12 heteroatoms. The standard InChI is InChI=1S/C29H44N2O4.C25H36N2O4/c1-26(2,3)35-25(33)28(16-19-34-20-17-28)15-18-31-22-27(21-24(31)32)11-13-29(14-12-27,30(4)5)23-9-7-6-8-10-23;1-26(2)25(20-6-4-3-5-7-20)10-8-23(9-11-25)18-21(28)27(19-23)15-12-24(22(29)30)13-16-31-17-14-24/h6-10H,11-22H2,1-5H3;3-7H,8-19H2,1-2H3,(H,29,30). The van der Waals surface area contributed by atoms with Crippen LogP contribution >= 0.6 is 0 Å². The van der Waals surface area contributed by atoms with Crippen molar-refractivity contribution in [2.75, 3.05) is 80.8 Å². The topological polar surface area (TPSA) is 129 Å². The number of carbonyl (C=O) groups excluding carboxylic acids is 3. The molecule has 2 spiro atoms. The predicted molar refractivity (Wildman–Crippen MR) is 255 cm³/mol. The molecule has 1 N–H and O–H groups in total. The highest BCUT2D eigenvalue weighted by Gasteiger charge is 2.53. The number of esters is 1. The number of carboxylic acid groups (broad SMARTS) is 1. The van der Waals surface area contributed by atoms with Crippen LogP contribution in [0.5, 0.6) is 0 Å². The van der Waals surface area contributed by atoms with Crippen LogP contribution in [0.25, 0.3) is 0 Å². The summed E-state index contributed by atoms with van der Waals surface area (Å²) >= 11 is 0. The fourth-order valence-corrected chi connectivity index (χ4v) is 12.6. The summed E-state index contributed by atoms with van der Waals surface area (Å²) in [5.41, 5.74) is 1.08. The van der Waals surface area contributed by atoms with Gasteiger partial charge in [0, 0.05) is 76.5 Å². The Bertz CT molecular complexity index is 1970. The zero-order valence-corrected chi connectivity index (χ0v) is 41.3. The SMILES string of the molecule is CN(C)C1(c2ccccc2)CCC2(CC1)CC(=O)N(CCC1(C(=O)O)CCOCC1)C2.CN(C)C1(c2ccccc2)CCC2(CC1)CC(=O)N(CCC1(C(=O)OC(C)(C)C)CCOCC1)C2. The van der Waals surface area contributed by atoms with Gasteiger partial charge in [-0.05, 0) is 161 Å². The van der Waals surface area contributed by atoms with E-state index in [4.69, 9.17) is 14.2 Å². The molecule has 0 unspecified atom stereocenters. The number of rotatable bonds is 12. The fraction of sp³-hybridized carbons (Fsp3) is 0.704. The third kappa shape index (κ3) is 10.6. The molecule has 6 aliphatic rings. The van der Waals surface area contributed by atoms with Gasteiger partial charge in [-0.3, -0.25) is 29.0 Å². The van der Waals surface area contributed by atoms with Crippen LogP contribution in [0, 0.1) is 21.7 Å². The molecule has 66 heavy (non-hydrogen) atoms. The van der Waals surface area contributed by atoms with Crippen LogP contribution in [0.1, 0.15) is 135 Å². The number of ether oxygens (including phenoxy) is 3. The minimum Gasteiger partial charge on any atom is -0.481 e. The van der Waals surface area contributed by atoms with Crippen LogP contribution in [0.2, 0.25) is 0 Å². The largest absolute Gasteiger partial charge is 0.481 e. The molecule has 6 fully saturated rings. The normalized spacial score (nSPS) is 29.9. The number of nitrogens with zero attached hydrogens (tertiary/aromatic N) is 4. The lowest BCUT2D eigenvalue weighted by molar-refractivity contribution is -0.174. The minimum atomic E-state index is -0.742. The second-order valence-electron chi connectivity index (χ2n) is 22.7. The van der Waals surface area contributed by atoms with Gasteiger partial charge in [0.25, 0.3) is 0 Å². The smallest absolute Gasteiger partial charge is 0.312 e. The molecule has 0 aromatic heterocycles. The van der Waals surface area contributed by atoms with E-state index in [0.717, 1.165) is 64.5 Å². The van der Waals surface area contributed by atoms with Crippen molar-refractivity contribution in [2.45, 2.75) is 140 Å². The molecule has 12 nitrogen and oxygen atoms in total. The number of benzene rings is 2. The zero-order valence-electron chi connectivity index (χ0n) is 41.3. The van der Waals surface area contributed by atoms with Crippen molar-refractivity contribution in [3.63, 3.8) is 0 Å². The van der Waals surface area contributed by atoms with Crippen LogP contribution in [-0.2, 0) is 44.5 Å². The van der Waals surface area contributed by atoms with Crippen molar-refractivity contribution in [1.82, 2.24) is 19.6 Å². The van der Waals surface area contributed by atoms with Crippen molar-refractivity contribution >= 4 is 23.8 Å². The number of likely N-dealkylation sites (tertiary alicyclic amines) is 2. The number of hydrogen-bond donors (Lipinski definition) is 1. The molecule has 2 saturated carbocycles. The van der Waals surface area contributed by atoms with Crippen molar-refractivity contribution < 1.29 is 38.5 Å². The first kappa shape index (κ1) is 50.0. The van der Waals surface area contributed by atoms with Crippen LogP contribution in [0.15, 0.2) is 60.7 Å². The van der Waals surface area contributed by atoms with Gasteiger partial charge in [-0.2, -0.15) is 0 Å². The molecular weight excluding hydrogens is 833 g/mol. The van der Waals surface area contributed by atoms with Crippen LogP contribution < -0.4 is 0 Å². The number of aliphatic carboxylic acids is 1. The molecule has 2 aromatic rings. The van der Waals surface area contributed by atoms with E-state index >= 15 is 0 Å². The van der Waals surface area contributed by atoms with Crippen LogP contribution in [0.3, 0.4) is 0 Å². The second-order valence-corrected chi connectivity index (χ2v) is 22.7. The Hall–Kier alpha value is -3.84. The third-order valence-electron chi connectivity index (χ3n) is 17.3. The molecule has 2 aliphatic carbocycles. The van der Waals surface area contributed by atoms with E-state index in [0.29, 0.717) is 90.9 Å². The van der Waals surface area contributed by atoms with Gasteiger partial charge >= 0.3 is 11.9 Å². The molecule has 364 valence electrons. The van der Waals surface area contributed by atoms with E-state index in [1.54, 1.807) is 0 Å². The third-order valence-corrected chi connectivity index (χ3v) is 17.3. The molecule has 4 saturated heterocycles. The Morgan fingerprint density at radius 2 is 0.955 bits per heavy atom. The Balaban J connectivity index is 0.000000198. The van der Waals surface area contributed by atoms with E-state index < -0.39 is 22.4 Å². The van der Waals surface area contributed by atoms with Gasteiger partial charge in [0.15, 0.2) is 0 Å². The average molecular weight is 913 g/mol. The predicted octanol–water partition coefficient (Wildman–Crippen LogP) is 8.27. The molecule has 8 rings (SSSR count). The summed E-state index contributed by atoms with van der Waals surface area (Å²) in [6, 6.07) is 21.6. The summed E-state index contributed by atoms with van der Waals surface area (Å²) in [5, 5.41) is 9.82. The van der Waals surface area contributed by atoms with Gasteiger partial charge in [-0.25, -0.2) is 0 Å². The van der Waals surface area contributed by atoms with Gasteiger partial charge in [-0.1, -0.05) is 60.7 Å². The van der Waals surface area contributed by atoms with Gasteiger partial charge in [-0.15, -0.1) is 0 Å². The van der Waals surface area contributed by atoms with E-state index in [2.05, 4.69) is 98.7 Å². The number of carboxylic acids is 1. The Labute approximate surface area is 395 Å². The first-order valence-electron chi connectivity index (χ1n) is 24.9. The second kappa shape index (κ2) is 20.0. The summed E-state index contributed by atoms with van der Waals surface area (Å²) in [7, 11) is 8.69. The van der Waals surface area contributed by atoms with Gasteiger partial charge in [0.05, 0.1) is 10.8 Å². The highest BCUT2D eigenvalue weighted by atomic mass is 16.6. The Morgan fingerprint density at radius 3 is 1.30 bits per heavy atom. The Kier molecular flexibility index (Phi) is 15.2. The first-order valence-corrected chi connectivity index (χ1v) is 24.9. The number of amides is 2. The quantitative estimate of drug-likeness (QED) is 0.208. The van der Waals surface area contributed by atoms with Crippen molar-refractivity contribution in [3.05, 3.63) is 71.8 Å². The highest BCUT2D eigenvalue weighted by Crippen LogP contribution is 2.54.